The second-order valence-electron chi connectivity index (χ2n) is 5.99. The molecule has 0 spiro atoms. The van der Waals surface area contributed by atoms with Crippen LogP contribution in [0.4, 0.5) is 4.79 Å². The van der Waals surface area contributed by atoms with Crippen molar-refractivity contribution >= 4 is 11.8 Å². The summed E-state index contributed by atoms with van der Waals surface area (Å²) in [7, 11) is 0. The van der Waals surface area contributed by atoms with E-state index in [1.807, 2.05) is 32.9 Å². The highest BCUT2D eigenvalue weighted by Gasteiger charge is 2.42. The van der Waals surface area contributed by atoms with Crippen LogP contribution in [-0.4, -0.2) is 16.6 Å². The van der Waals surface area contributed by atoms with Gasteiger partial charge in [0.25, 0.3) is 0 Å². The number of carbonyl (C=O) groups excluding carboxylic acids is 1. The molecule has 19 heavy (non-hydrogen) atoms. The Morgan fingerprint density at radius 3 is 2.74 bits per heavy atom. The van der Waals surface area contributed by atoms with Gasteiger partial charge < -0.3 is 4.74 Å². The SMILES string of the molecule is Cc1cccc2c1C1=C=CC2N1C(=O)OC(C)(C)C. The molecule has 1 atom stereocenters. The van der Waals surface area contributed by atoms with E-state index in [9.17, 15) is 4.79 Å². The Morgan fingerprint density at radius 1 is 1.37 bits per heavy atom. The molecule has 1 amide bonds. The fourth-order valence-electron chi connectivity index (χ4n) is 2.64. The van der Waals surface area contributed by atoms with E-state index in [1.54, 1.807) is 4.90 Å². The predicted molar refractivity (Wildman–Crippen MR) is 73.5 cm³/mol. The van der Waals surface area contributed by atoms with Crippen molar-refractivity contribution in [2.45, 2.75) is 39.3 Å². The van der Waals surface area contributed by atoms with Crippen LogP contribution in [0.3, 0.4) is 0 Å². The van der Waals surface area contributed by atoms with Gasteiger partial charge in [-0.15, -0.1) is 0 Å². The molecule has 0 radical (unpaired) electrons. The maximum atomic E-state index is 12.3. The lowest BCUT2D eigenvalue weighted by Crippen LogP contribution is -2.33. The first-order chi connectivity index (χ1) is 8.88. The van der Waals surface area contributed by atoms with Gasteiger partial charge in [-0.1, -0.05) is 23.9 Å². The summed E-state index contributed by atoms with van der Waals surface area (Å²) in [6.07, 6.45) is 1.63. The van der Waals surface area contributed by atoms with Crippen LogP contribution >= 0.6 is 0 Å². The van der Waals surface area contributed by atoms with Gasteiger partial charge in [-0.2, -0.15) is 0 Å². The molecule has 0 aliphatic carbocycles. The molecule has 2 aliphatic heterocycles. The van der Waals surface area contributed by atoms with E-state index in [0.717, 1.165) is 11.3 Å². The largest absolute Gasteiger partial charge is 0.443 e. The average molecular weight is 255 g/mol. The number of carbonyl (C=O) groups is 1. The molecule has 2 bridgehead atoms. The van der Waals surface area contributed by atoms with E-state index in [2.05, 4.69) is 24.8 Å². The molecule has 3 nitrogen and oxygen atoms in total. The molecule has 0 saturated carbocycles. The van der Waals surface area contributed by atoms with Gasteiger partial charge in [-0.25, -0.2) is 4.79 Å². The van der Waals surface area contributed by atoms with Crippen molar-refractivity contribution in [3.8, 4) is 0 Å². The summed E-state index contributed by atoms with van der Waals surface area (Å²) >= 11 is 0. The van der Waals surface area contributed by atoms with Crippen LogP contribution in [0.15, 0.2) is 30.0 Å². The Balaban J connectivity index is 1.97. The third-order valence-electron chi connectivity index (χ3n) is 3.35. The number of ether oxygens (including phenoxy) is 1. The van der Waals surface area contributed by atoms with Crippen LogP contribution < -0.4 is 0 Å². The third-order valence-corrected chi connectivity index (χ3v) is 3.35. The van der Waals surface area contributed by atoms with Crippen molar-refractivity contribution in [2.75, 3.05) is 0 Å². The predicted octanol–water partition coefficient (Wildman–Crippen LogP) is 3.80. The minimum absolute atomic E-state index is 0.0558. The Bertz CT molecular complexity index is 631. The Kier molecular flexibility index (Phi) is 2.38. The third kappa shape index (κ3) is 1.78. The van der Waals surface area contributed by atoms with Gasteiger partial charge >= 0.3 is 6.09 Å². The van der Waals surface area contributed by atoms with E-state index in [-0.39, 0.29) is 12.1 Å². The average Bonchev–Trinajstić information content (AvgIpc) is 2.83. The molecule has 1 aromatic carbocycles. The lowest BCUT2D eigenvalue weighted by atomic mass is 9.97. The molecular formula is C16H17NO2. The zero-order valence-corrected chi connectivity index (χ0v) is 11.7. The quantitative estimate of drug-likeness (QED) is 0.660. The Hall–Kier alpha value is -1.99. The van der Waals surface area contributed by atoms with Crippen LogP contribution in [0.5, 0.6) is 0 Å². The molecule has 98 valence electrons. The van der Waals surface area contributed by atoms with Crippen molar-refractivity contribution in [3.63, 3.8) is 0 Å². The number of nitrogens with zero attached hydrogens (tertiary/aromatic N) is 1. The second kappa shape index (κ2) is 3.75. The van der Waals surface area contributed by atoms with Gasteiger partial charge in [0.2, 0.25) is 0 Å². The van der Waals surface area contributed by atoms with Crippen LogP contribution in [0.1, 0.15) is 43.5 Å². The Labute approximate surface area is 113 Å². The number of hydrogen-bond acceptors (Lipinski definition) is 2. The van der Waals surface area contributed by atoms with Crippen molar-refractivity contribution in [1.29, 1.82) is 0 Å². The summed E-state index contributed by atoms with van der Waals surface area (Å²) in [5.74, 6) is 0. The lowest BCUT2D eigenvalue weighted by molar-refractivity contribution is 0.0334. The normalized spacial score (nSPS) is 19.5. The topological polar surface area (TPSA) is 29.5 Å². The number of aryl methyl sites for hydroxylation is 1. The van der Waals surface area contributed by atoms with Crippen LogP contribution in [-0.2, 0) is 4.74 Å². The van der Waals surface area contributed by atoms with Gasteiger partial charge in [0, 0.05) is 5.56 Å². The summed E-state index contributed by atoms with van der Waals surface area (Å²) < 4.78 is 5.48. The number of benzene rings is 1. The molecule has 3 rings (SSSR count). The molecule has 0 aromatic heterocycles. The maximum Gasteiger partial charge on any atom is 0.416 e. The summed E-state index contributed by atoms with van der Waals surface area (Å²) in [5.41, 5.74) is 7.00. The van der Waals surface area contributed by atoms with Gasteiger partial charge in [0.1, 0.15) is 5.60 Å². The van der Waals surface area contributed by atoms with Gasteiger partial charge in [0.05, 0.1) is 11.7 Å². The fraction of sp³-hybridized carbons (Fsp3) is 0.375. The van der Waals surface area contributed by atoms with Crippen LogP contribution in [0, 0.1) is 6.92 Å². The first kappa shape index (κ1) is 12.1. The van der Waals surface area contributed by atoms with Gasteiger partial charge in [-0.3, -0.25) is 4.90 Å². The maximum absolute atomic E-state index is 12.3. The molecule has 2 heterocycles. The number of amides is 1. The van der Waals surface area contributed by atoms with Crippen molar-refractivity contribution < 1.29 is 9.53 Å². The van der Waals surface area contributed by atoms with Crippen LogP contribution in [0.2, 0.25) is 0 Å². The minimum atomic E-state index is -0.485. The van der Waals surface area contributed by atoms with Gasteiger partial charge in [-0.05, 0) is 44.9 Å². The van der Waals surface area contributed by atoms with E-state index < -0.39 is 5.60 Å². The number of fused-ring (bicyclic) bond motifs is 5. The lowest BCUT2D eigenvalue weighted by Gasteiger charge is -2.25. The zero-order chi connectivity index (χ0) is 13.8. The highest BCUT2D eigenvalue weighted by Crippen LogP contribution is 2.47. The highest BCUT2D eigenvalue weighted by molar-refractivity contribution is 5.90. The van der Waals surface area contributed by atoms with Gasteiger partial charge in [0.15, 0.2) is 0 Å². The van der Waals surface area contributed by atoms with Crippen molar-refractivity contribution in [3.05, 3.63) is 46.7 Å². The van der Waals surface area contributed by atoms with E-state index in [1.165, 1.54) is 11.1 Å². The van der Waals surface area contributed by atoms with E-state index in [4.69, 9.17) is 4.74 Å². The molecule has 0 N–H and O–H groups in total. The smallest absolute Gasteiger partial charge is 0.416 e. The molecule has 1 unspecified atom stereocenters. The number of rotatable bonds is 0. The zero-order valence-electron chi connectivity index (χ0n) is 11.7. The molecule has 1 aromatic rings. The standard InChI is InChI=1S/C16H17NO2/c1-10-6-5-7-11-12-8-9-13(14(10)11)17(12)15(18)19-16(2,3)4/h5-8,12H,1-4H3. The first-order valence-corrected chi connectivity index (χ1v) is 6.47. The van der Waals surface area contributed by atoms with Crippen LogP contribution in [0.25, 0.3) is 5.70 Å². The summed E-state index contributed by atoms with van der Waals surface area (Å²) in [6.45, 7) is 7.69. The fourth-order valence-corrected chi connectivity index (χ4v) is 2.64. The molecular weight excluding hydrogens is 238 g/mol. The summed E-state index contributed by atoms with van der Waals surface area (Å²) in [6, 6.07) is 6.09. The van der Waals surface area contributed by atoms with E-state index >= 15 is 0 Å². The monoisotopic (exact) mass is 255 g/mol. The molecule has 3 heteroatoms. The van der Waals surface area contributed by atoms with Crippen molar-refractivity contribution in [1.82, 2.24) is 4.90 Å². The summed E-state index contributed by atoms with van der Waals surface area (Å²) in [4.78, 5) is 14.0. The second-order valence-corrected chi connectivity index (χ2v) is 5.99. The minimum Gasteiger partial charge on any atom is -0.443 e. The Morgan fingerprint density at radius 2 is 2.11 bits per heavy atom. The van der Waals surface area contributed by atoms with Crippen molar-refractivity contribution in [2.24, 2.45) is 0 Å². The highest BCUT2D eigenvalue weighted by atomic mass is 16.6. The number of hydrogen-bond donors (Lipinski definition) is 0. The van der Waals surface area contributed by atoms with E-state index in [0.29, 0.717) is 0 Å². The molecule has 0 saturated heterocycles. The first-order valence-electron chi connectivity index (χ1n) is 6.47. The molecule has 0 fully saturated rings. The molecule has 2 aliphatic rings. The summed E-state index contributed by atoms with van der Waals surface area (Å²) in [5, 5.41) is 0.